The first-order chi connectivity index (χ1) is 25.2. The molecule has 0 aromatic heterocycles. The molecule has 51 heavy (non-hydrogen) atoms. The summed E-state index contributed by atoms with van der Waals surface area (Å²) in [6.07, 6.45) is 38.8. The van der Waals surface area contributed by atoms with Crippen LogP contribution < -0.4 is 9.47 Å². The second-order valence-electron chi connectivity index (χ2n) is 15.6. The zero-order chi connectivity index (χ0) is 36.5. The Morgan fingerprint density at radius 2 is 0.647 bits per heavy atom. The molecule has 0 amide bonds. The summed E-state index contributed by atoms with van der Waals surface area (Å²) >= 11 is 0. The van der Waals surface area contributed by atoms with Gasteiger partial charge in [-0.2, -0.15) is 0 Å². The van der Waals surface area contributed by atoms with E-state index < -0.39 is 0 Å². The number of fused-ring (bicyclic) bond motifs is 8. The van der Waals surface area contributed by atoms with E-state index in [2.05, 4.69) is 61.8 Å². The Hall–Kier alpha value is -1.30. The Morgan fingerprint density at radius 1 is 0.392 bits per heavy atom. The highest BCUT2D eigenvalue weighted by atomic mass is 16.6. The van der Waals surface area contributed by atoms with Crippen molar-refractivity contribution in [2.24, 2.45) is 0 Å². The van der Waals surface area contributed by atoms with Gasteiger partial charge in [0.05, 0.1) is 13.2 Å². The molecule has 5 nitrogen and oxygen atoms in total. The lowest BCUT2D eigenvalue weighted by Gasteiger charge is -2.32. The van der Waals surface area contributed by atoms with Gasteiger partial charge in [-0.25, -0.2) is 0 Å². The fourth-order valence-electron chi connectivity index (χ4n) is 7.64. The molecule has 0 radical (unpaired) electrons. The van der Waals surface area contributed by atoms with E-state index in [9.17, 15) is 0 Å². The van der Waals surface area contributed by atoms with Gasteiger partial charge in [-0.05, 0) is 50.2 Å². The molecule has 2 heterocycles. The molecule has 5 heteroatoms. The third kappa shape index (κ3) is 23.9. The van der Waals surface area contributed by atoms with Gasteiger partial charge in [0.25, 0.3) is 0 Å². The summed E-state index contributed by atoms with van der Waals surface area (Å²) in [5.74, 6) is 1.78. The summed E-state index contributed by atoms with van der Waals surface area (Å²) in [7, 11) is 0. The Kier molecular flexibility index (Phi) is 29.9. The molecule has 0 aliphatic carbocycles. The monoisotopic (exact) mass is 715 g/mol. The van der Waals surface area contributed by atoms with Crippen molar-refractivity contribution < 1.29 is 14.2 Å². The van der Waals surface area contributed by atoms with E-state index >= 15 is 0 Å². The Morgan fingerprint density at radius 3 is 0.902 bits per heavy atom. The van der Waals surface area contributed by atoms with Gasteiger partial charge in [0, 0.05) is 13.1 Å². The number of hydrogen-bond donors (Lipinski definition) is 0. The van der Waals surface area contributed by atoms with Gasteiger partial charge >= 0.3 is 0 Å². The molecule has 0 fully saturated rings. The van der Waals surface area contributed by atoms with Crippen molar-refractivity contribution in [3.05, 3.63) is 24.3 Å². The minimum Gasteiger partial charge on any atom is -0.473 e. The van der Waals surface area contributed by atoms with Crippen LogP contribution in [0.4, 0.5) is 0 Å². The minimum absolute atomic E-state index is 0.0811. The maximum absolute atomic E-state index is 6.53. The smallest absolute Gasteiger partial charge is 0.176 e. The van der Waals surface area contributed by atoms with Gasteiger partial charge in [-0.15, -0.1) is 0 Å². The van der Waals surface area contributed by atoms with Crippen LogP contribution in [0.25, 0.3) is 0 Å². The normalized spacial score (nSPS) is 16.4. The molecule has 0 saturated carbocycles. The van der Waals surface area contributed by atoms with Gasteiger partial charge in [-0.3, -0.25) is 9.80 Å². The number of benzene rings is 1. The predicted molar refractivity (Wildman–Crippen MR) is 221 cm³/mol. The first kappa shape index (κ1) is 45.9. The lowest BCUT2D eigenvalue weighted by molar-refractivity contribution is -0.0827. The van der Waals surface area contributed by atoms with Crippen molar-refractivity contribution >= 4 is 0 Å². The van der Waals surface area contributed by atoms with Crippen molar-refractivity contribution in [1.29, 1.82) is 0 Å². The molecule has 1 aromatic carbocycles. The van der Waals surface area contributed by atoms with E-state index in [1.54, 1.807) is 0 Å². The van der Waals surface area contributed by atoms with Gasteiger partial charge in [0.2, 0.25) is 0 Å². The molecular formula is C46H86N2O3. The van der Waals surface area contributed by atoms with Crippen molar-refractivity contribution in [2.45, 2.75) is 220 Å². The van der Waals surface area contributed by atoms with Crippen LogP contribution in [0.15, 0.2) is 24.3 Å². The fourth-order valence-corrected chi connectivity index (χ4v) is 7.64. The van der Waals surface area contributed by atoms with E-state index in [4.69, 9.17) is 14.2 Å². The van der Waals surface area contributed by atoms with Crippen molar-refractivity contribution in [3.63, 3.8) is 0 Å². The third-order valence-electron chi connectivity index (χ3n) is 11.1. The highest BCUT2D eigenvalue weighted by molar-refractivity contribution is 5.31. The van der Waals surface area contributed by atoms with Crippen LogP contribution in [0.1, 0.15) is 207 Å². The lowest BCUT2D eigenvalue weighted by Crippen LogP contribution is -2.46. The zero-order valence-electron chi connectivity index (χ0n) is 34.6. The summed E-state index contributed by atoms with van der Waals surface area (Å²) in [6, 6.07) is 8.26. The number of unbranched alkanes of at least 4 members (excludes halogenated alkanes) is 26. The average molecular weight is 715 g/mol. The molecule has 2 atom stereocenters. The summed E-state index contributed by atoms with van der Waals surface area (Å²) in [6.45, 7) is 14.3. The maximum Gasteiger partial charge on any atom is 0.176 e. The van der Waals surface area contributed by atoms with Gasteiger partial charge in [0.1, 0.15) is 11.5 Å². The molecule has 2 bridgehead atoms. The van der Waals surface area contributed by atoms with Crippen molar-refractivity contribution in [2.75, 3.05) is 39.4 Å². The summed E-state index contributed by atoms with van der Waals surface area (Å²) < 4.78 is 19.5. The second kappa shape index (κ2) is 33.3. The van der Waals surface area contributed by atoms with Crippen LogP contribution in [-0.4, -0.2) is 61.6 Å². The van der Waals surface area contributed by atoms with Crippen LogP contribution in [0.2, 0.25) is 0 Å². The quantitative estimate of drug-likeness (QED) is 0.0524. The molecule has 0 N–H and O–H groups in total. The molecule has 2 unspecified atom stereocenters. The molecule has 1 aromatic rings. The van der Waals surface area contributed by atoms with E-state index in [0.717, 1.165) is 37.7 Å². The highest BCUT2D eigenvalue weighted by Crippen LogP contribution is 2.24. The van der Waals surface area contributed by atoms with Crippen molar-refractivity contribution in [1.82, 2.24) is 9.80 Å². The fraction of sp³-hybridized carbons (Fsp3) is 0.870. The highest BCUT2D eigenvalue weighted by Gasteiger charge is 2.24. The standard InChI is InChI=1S/C46H86N2O3/c1-5-9-11-13-15-17-19-21-23-25-27-29-31-33-39-47(7-3)45-41-49-42-46(51-44-37-35-43(50-45)36-38-44)48(8-4)40-34-32-30-28-26-24-22-20-18-16-14-12-10-6-2/h35-38,45-46H,5-34,39-42H2,1-4H3. The van der Waals surface area contributed by atoms with E-state index in [1.807, 2.05) is 0 Å². The summed E-state index contributed by atoms with van der Waals surface area (Å²) in [5.41, 5.74) is 0. The SMILES string of the molecule is CCCCCCCCCCCCCCCCN(CC)C1COCC(N(CC)CCCCCCCCCCCCCCCC)Oc2ccc(cc2)O1. The molecule has 298 valence electrons. The van der Waals surface area contributed by atoms with Gasteiger partial charge < -0.3 is 14.2 Å². The zero-order valence-corrected chi connectivity index (χ0v) is 34.6. The molecule has 2 aliphatic heterocycles. The summed E-state index contributed by atoms with van der Waals surface area (Å²) in [5, 5.41) is 0. The summed E-state index contributed by atoms with van der Waals surface area (Å²) in [4.78, 5) is 4.93. The lowest BCUT2D eigenvalue weighted by atomic mass is 10.0. The molecule has 0 saturated heterocycles. The predicted octanol–water partition coefficient (Wildman–Crippen LogP) is 13.7. The Balaban J connectivity index is 1.64. The van der Waals surface area contributed by atoms with Gasteiger partial charge in [0.15, 0.2) is 12.5 Å². The topological polar surface area (TPSA) is 34.2 Å². The minimum atomic E-state index is -0.0811. The van der Waals surface area contributed by atoms with E-state index in [-0.39, 0.29) is 12.5 Å². The molecule has 3 rings (SSSR count). The largest absolute Gasteiger partial charge is 0.473 e. The van der Waals surface area contributed by atoms with E-state index in [0.29, 0.717) is 13.2 Å². The molecule has 2 aliphatic rings. The Labute approximate surface area is 318 Å². The number of rotatable bonds is 34. The first-order valence-electron chi connectivity index (χ1n) is 22.7. The number of likely N-dealkylation sites (N-methyl/N-ethyl adjacent to an activating group) is 2. The van der Waals surface area contributed by atoms with Crippen LogP contribution in [0.3, 0.4) is 0 Å². The second-order valence-corrected chi connectivity index (χ2v) is 15.6. The Bertz CT molecular complexity index is 796. The van der Waals surface area contributed by atoms with Crippen LogP contribution >= 0.6 is 0 Å². The van der Waals surface area contributed by atoms with Crippen molar-refractivity contribution in [3.8, 4) is 11.5 Å². The maximum atomic E-state index is 6.53. The van der Waals surface area contributed by atoms with Gasteiger partial charge in [-0.1, -0.05) is 195 Å². The van der Waals surface area contributed by atoms with Crippen LogP contribution in [0.5, 0.6) is 11.5 Å². The van der Waals surface area contributed by atoms with Crippen LogP contribution in [-0.2, 0) is 4.74 Å². The number of nitrogens with zero attached hydrogens (tertiary/aromatic N) is 2. The molecular weight excluding hydrogens is 629 g/mol. The number of ether oxygens (including phenoxy) is 3. The average Bonchev–Trinajstić information content (AvgIpc) is 3.21. The molecule has 0 spiro atoms. The van der Waals surface area contributed by atoms with E-state index in [1.165, 1.54) is 180 Å². The number of hydrogen-bond acceptors (Lipinski definition) is 5. The van der Waals surface area contributed by atoms with Crippen LogP contribution in [0, 0.1) is 0 Å². The third-order valence-corrected chi connectivity index (χ3v) is 11.1. The first-order valence-corrected chi connectivity index (χ1v) is 22.7.